The maximum Gasteiger partial charge on any atom is 0.408 e. The van der Waals surface area contributed by atoms with Crippen LogP contribution >= 0.6 is 0 Å². The van der Waals surface area contributed by atoms with Gasteiger partial charge in [0, 0.05) is 13.1 Å². The maximum absolute atomic E-state index is 12.7. The SMILES string of the molecule is CCC(C)[CH]C(=O)NCCCCCCCNC(=O)C(NC(=O)OCc1ccccc1)C(C)CC. The van der Waals surface area contributed by atoms with E-state index >= 15 is 0 Å². The molecule has 0 saturated heterocycles. The van der Waals surface area contributed by atoms with Gasteiger partial charge in [-0.3, -0.25) is 9.59 Å². The fraction of sp³-hybridized carbons (Fsp3) is 0.630. The molecule has 7 nitrogen and oxygen atoms in total. The molecule has 0 spiro atoms. The van der Waals surface area contributed by atoms with Crippen LogP contribution in [0.5, 0.6) is 0 Å². The van der Waals surface area contributed by atoms with Crippen molar-refractivity contribution in [2.45, 2.75) is 85.3 Å². The quantitative estimate of drug-likeness (QED) is 0.284. The number of benzene rings is 1. The molecule has 1 aromatic carbocycles. The lowest BCUT2D eigenvalue weighted by Crippen LogP contribution is -2.50. The van der Waals surface area contributed by atoms with Gasteiger partial charge in [0.15, 0.2) is 0 Å². The summed E-state index contributed by atoms with van der Waals surface area (Å²) in [6.45, 7) is 9.49. The third-order valence-corrected chi connectivity index (χ3v) is 6.01. The van der Waals surface area contributed by atoms with Gasteiger partial charge >= 0.3 is 6.09 Å². The van der Waals surface area contributed by atoms with Crippen molar-refractivity contribution in [1.82, 2.24) is 16.0 Å². The van der Waals surface area contributed by atoms with Gasteiger partial charge in [-0.2, -0.15) is 0 Å². The maximum atomic E-state index is 12.7. The zero-order valence-electron chi connectivity index (χ0n) is 21.4. The first-order valence-corrected chi connectivity index (χ1v) is 12.7. The van der Waals surface area contributed by atoms with Crippen molar-refractivity contribution in [1.29, 1.82) is 0 Å². The van der Waals surface area contributed by atoms with Gasteiger partial charge in [0.1, 0.15) is 12.6 Å². The molecule has 0 heterocycles. The molecule has 0 aliphatic carbocycles. The van der Waals surface area contributed by atoms with E-state index in [2.05, 4.69) is 22.9 Å². The standard InChI is InChI=1S/C27H44N3O4/c1-5-21(3)19-24(31)28-17-13-8-7-9-14-18-29-26(32)25(22(4)6-2)30-27(33)34-20-23-15-11-10-12-16-23/h10-12,15-16,19,21-22,25H,5-9,13-14,17-18,20H2,1-4H3,(H,28,31)(H,29,32)(H,30,33). The second-order valence-electron chi connectivity index (χ2n) is 8.97. The Hall–Kier alpha value is -2.57. The van der Waals surface area contributed by atoms with E-state index in [1.165, 1.54) is 0 Å². The minimum atomic E-state index is -0.621. The number of unbranched alkanes of at least 4 members (excludes halogenated alkanes) is 4. The molecule has 0 aromatic heterocycles. The van der Waals surface area contributed by atoms with Crippen LogP contribution in [-0.2, 0) is 20.9 Å². The molecular formula is C27H44N3O4. The van der Waals surface area contributed by atoms with Crippen molar-refractivity contribution in [2.24, 2.45) is 11.8 Å². The minimum Gasteiger partial charge on any atom is -0.445 e. The third kappa shape index (κ3) is 13.2. The molecule has 0 bridgehead atoms. The number of carbonyl (C=O) groups excluding carboxylic acids is 3. The number of rotatable bonds is 17. The summed E-state index contributed by atoms with van der Waals surface area (Å²) in [5.74, 6) is 0.152. The van der Waals surface area contributed by atoms with Crippen LogP contribution in [-0.4, -0.2) is 37.0 Å². The van der Waals surface area contributed by atoms with E-state index in [1.54, 1.807) is 6.42 Å². The first-order chi connectivity index (χ1) is 16.4. The highest BCUT2D eigenvalue weighted by molar-refractivity contribution is 5.86. The fourth-order valence-electron chi connectivity index (χ4n) is 3.34. The summed E-state index contributed by atoms with van der Waals surface area (Å²) in [6, 6.07) is 8.82. The van der Waals surface area contributed by atoms with E-state index < -0.39 is 12.1 Å². The summed E-state index contributed by atoms with van der Waals surface area (Å²) in [4.78, 5) is 36.6. The summed E-state index contributed by atoms with van der Waals surface area (Å²) in [6.07, 6.45) is 7.84. The molecule has 191 valence electrons. The minimum absolute atomic E-state index is 0.00274. The van der Waals surface area contributed by atoms with E-state index in [-0.39, 0.29) is 24.3 Å². The van der Waals surface area contributed by atoms with Crippen LogP contribution < -0.4 is 16.0 Å². The monoisotopic (exact) mass is 474 g/mol. The molecule has 3 unspecified atom stereocenters. The highest BCUT2D eigenvalue weighted by Gasteiger charge is 2.26. The Morgan fingerprint density at radius 2 is 1.50 bits per heavy atom. The first kappa shape index (κ1) is 29.5. The molecule has 0 fully saturated rings. The summed E-state index contributed by atoms with van der Waals surface area (Å²) in [7, 11) is 0. The Bertz CT molecular complexity index is 711. The van der Waals surface area contributed by atoms with Crippen LogP contribution in [0.3, 0.4) is 0 Å². The molecule has 7 heteroatoms. The number of carbonyl (C=O) groups is 3. The Labute approximate surface area is 205 Å². The summed E-state index contributed by atoms with van der Waals surface area (Å²) in [5.41, 5.74) is 0.897. The highest BCUT2D eigenvalue weighted by atomic mass is 16.5. The zero-order chi connectivity index (χ0) is 25.2. The Morgan fingerprint density at radius 1 is 0.882 bits per heavy atom. The van der Waals surface area contributed by atoms with Gasteiger partial charge in [0.25, 0.3) is 0 Å². The van der Waals surface area contributed by atoms with Crippen LogP contribution in [0.4, 0.5) is 4.79 Å². The third-order valence-electron chi connectivity index (χ3n) is 6.01. The largest absolute Gasteiger partial charge is 0.445 e. The lowest BCUT2D eigenvalue weighted by molar-refractivity contribution is -0.124. The smallest absolute Gasteiger partial charge is 0.408 e. The van der Waals surface area contributed by atoms with Gasteiger partial charge in [-0.15, -0.1) is 0 Å². The predicted molar refractivity (Wildman–Crippen MR) is 136 cm³/mol. The fourth-order valence-corrected chi connectivity index (χ4v) is 3.34. The van der Waals surface area contributed by atoms with Crippen LogP contribution in [0.2, 0.25) is 0 Å². The van der Waals surface area contributed by atoms with Crippen LogP contribution in [0.25, 0.3) is 0 Å². The van der Waals surface area contributed by atoms with E-state index in [0.29, 0.717) is 19.0 Å². The number of ether oxygens (including phenoxy) is 1. The highest BCUT2D eigenvalue weighted by Crippen LogP contribution is 2.10. The summed E-state index contributed by atoms with van der Waals surface area (Å²) >= 11 is 0. The average molecular weight is 475 g/mol. The molecule has 3 atom stereocenters. The normalized spacial score (nSPS) is 13.4. The number of hydrogen-bond donors (Lipinski definition) is 3. The van der Waals surface area contributed by atoms with Crippen molar-refractivity contribution in [3.05, 3.63) is 42.3 Å². The number of amides is 3. The molecule has 0 aliphatic rings. The molecule has 0 saturated carbocycles. The van der Waals surface area contributed by atoms with Crippen molar-refractivity contribution in [2.75, 3.05) is 13.1 Å². The molecule has 1 aromatic rings. The number of alkyl carbamates (subject to hydrolysis) is 1. The van der Waals surface area contributed by atoms with Crippen molar-refractivity contribution in [3.8, 4) is 0 Å². The van der Waals surface area contributed by atoms with Crippen molar-refractivity contribution < 1.29 is 19.1 Å². The van der Waals surface area contributed by atoms with Gasteiger partial charge < -0.3 is 20.7 Å². The Balaban J connectivity index is 2.20. The molecule has 1 rings (SSSR count). The van der Waals surface area contributed by atoms with E-state index in [1.807, 2.05) is 51.1 Å². The molecule has 1 radical (unpaired) electrons. The molecule has 34 heavy (non-hydrogen) atoms. The Morgan fingerprint density at radius 3 is 2.12 bits per heavy atom. The first-order valence-electron chi connectivity index (χ1n) is 12.7. The number of hydrogen-bond acceptors (Lipinski definition) is 4. The topological polar surface area (TPSA) is 96.5 Å². The average Bonchev–Trinajstić information content (AvgIpc) is 2.84. The molecular weight excluding hydrogens is 430 g/mol. The van der Waals surface area contributed by atoms with Gasteiger partial charge in [0.05, 0.1) is 6.42 Å². The predicted octanol–water partition coefficient (Wildman–Crippen LogP) is 4.76. The van der Waals surface area contributed by atoms with Gasteiger partial charge in [0.2, 0.25) is 11.8 Å². The zero-order valence-corrected chi connectivity index (χ0v) is 21.4. The molecule has 3 amide bonds. The van der Waals surface area contributed by atoms with E-state index in [0.717, 1.165) is 50.5 Å². The molecule has 0 aliphatic heterocycles. The van der Waals surface area contributed by atoms with Crippen LogP contribution in [0, 0.1) is 18.3 Å². The second-order valence-corrected chi connectivity index (χ2v) is 8.97. The van der Waals surface area contributed by atoms with Crippen LogP contribution in [0.1, 0.15) is 78.2 Å². The summed E-state index contributed by atoms with van der Waals surface area (Å²) in [5, 5.41) is 8.61. The van der Waals surface area contributed by atoms with Gasteiger partial charge in [-0.25, -0.2) is 4.79 Å². The number of nitrogens with one attached hydrogen (secondary N) is 3. The molecule has 3 N–H and O–H groups in total. The van der Waals surface area contributed by atoms with E-state index in [4.69, 9.17) is 4.74 Å². The van der Waals surface area contributed by atoms with Crippen molar-refractivity contribution >= 4 is 17.9 Å². The van der Waals surface area contributed by atoms with Gasteiger partial charge in [-0.05, 0) is 30.2 Å². The van der Waals surface area contributed by atoms with Crippen molar-refractivity contribution in [3.63, 3.8) is 0 Å². The Kier molecular flexibility index (Phi) is 15.5. The van der Waals surface area contributed by atoms with E-state index in [9.17, 15) is 14.4 Å². The van der Waals surface area contributed by atoms with Gasteiger partial charge in [-0.1, -0.05) is 90.1 Å². The van der Waals surface area contributed by atoms with Crippen LogP contribution in [0.15, 0.2) is 30.3 Å². The second kappa shape index (κ2) is 17.8. The lowest BCUT2D eigenvalue weighted by atomic mass is 9.98. The summed E-state index contributed by atoms with van der Waals surface area (Å²) < 4.78 is 5.27. The lowest BCUT2D eigenvalue weighted by Gasteiger charge is -2.23.